The molecule has 1 aliphatic carbocycles. The zero-order valence-corrected chi connectivity index (χ0v) is 11.2. The summed E-state index contributed by atoms with van der Waals surface area (Å²) in [6.07, 6.45) is 4.76. The molecule has 0 radical (unpaired) electrons. The molecule has 1 saturated carbocycles. The van der Waals surface area contributed by atoms with Gasteiger partial charge in [0, 0.05) is 24.1 Å². The molecular weight excluding hydrogens is 226 g/mol. The second kappa shape index (κ2) is 4.47. The molecule has 0 amide bonds. The van der Waals surface area contributed by atoms with Crippen molar-refractivity contribution in [3.63, 3.8) is 0 Å². The van der Waals surface area contributed by atoms with E-state index in [0.29, 0.717) is 6.04 Å². The van der Waals surface area contributed by atoms with E-state index < -0.39 is 0 Å². The van der Waals surface area contributed by atoms with Crippen LogP contribution in [-0.2, 0) is 0 Å². The highest BCUT2D eigenvalue weighted by Crippen LogP contribution is 2.49. The van der Waals surface area contributed by atoms with E-state index in [1.807, 2.05) is 12.1 Å². The highest BCUT2D eigenvalue weighted by Gasteiger charge is 2.45. The minimum Gasteiger partial charge on any atom is -0.497 e. The van der Waals surface area contributed by atoms with Gasteiger partial charge in [0.25, 0.3) is 0 Å². The SMILES string of the molecule is CCNC1CC2(CCC2)Oc2cc(OC)ccc21. The van der Waals surface area contributed by atoms with Crippen LogP contribution in [0.3, 0.4) is 0 Å². The summed E-state index contributed by atoms with van der Waals surface area (Å²) >= 11 is 0. The van der Waals surface area contributed by atoms with E-state index in [-0.39, 0.29) is 5.60 Å². The second-order valence-corrected chi connectivity index (χ2v) is 5.36. The summed E-state index contributed by atoms with van der Waals surface area (Å²) in [7, 11) is 1.70. The molecule has 1 fully saturated rings. The zero-order valence-electron chi connectivity index (χ0n) is 11.2. The molecule has 1 N–H and O–H groups in total. The van der Waals surface area contributed by atoms with Crippen molar-refractivity contribution in [1.29, 1.82) is 0 Å². The Morgan fingerprint density at radius 3 is 2.89 bits per heavy atom. The quantitative estimate of drug-likeness (QED) is 0.890. The molecule has 18 heavy (non-hydrogen) atoms. The van der Waals surface area contributed by atoms with Gasteiger partial charge in [0.05, 0.1) is 7.11 Å². The summed E-state index contributed by atoms with van der Waals surface area (Å²) < 4.78 is 11.5. The van der Waals surface area contributed by atoms with Gasteiger partial charge >= 0.3 is 0 Å². The van der Waals surface area contributed by atoms with Crippen LogP contribution in [0.2, 0.25) is 0 Å². The van der Waals surface area contributed by atoms with E-state index in [9.17, 15) is 0 Å². The number of rotatable bonds is 3. The Bertz CT molecular complexity index is 440. The van der Waals surface area contributed by atoms with Crippen molar-refractivity contribution in [3.05, 3.63) is 23.8 Å². The summed E-state index contributed by atoms with van der Waals surface area (Å²) in [6.45, 7) is 3.15. The van der Waals surface area contributed by atoms with Crippen molar-refractivity contribution in [2.45, 2.75) is 44.2 Å². The first-order valence-electron chi connectivity index (χ1n) is 6.87. The summed E-state index contributed by atoms with van der Waals surface area (Å²) in [5.41, 5.74) is 1.36. The first-order valence-corrected chi connectivity index (χ1v) is 6.87. The van der Waals surface area contributed by atoms with Crippen LogP contribution in [0.4, 0.5) is 0 Å². The Morgan fingerprint density at radius 2 is 2.28 bits per heavy atom. The third-order valence-corrected chi connectivity index (χ3v) is 4.21. The van der Waals surface area contributed by atoms with E-state index in [4.69, 9.17) is 9.47 Å². The van der Waals surface area contributed by atoms with Crippen molar-refractivity contribution < 1.29 is 9.47 Å². The Kier molecular flexibility index (Phi) is 2.94. The Balaban J connectivity index is 1.95. The minimum absolute atomic E-state index is 0.0895. The minimum atomic E-state index is 0.0895. The molecule has 3 rings (SSSR count). The van der Waals surface area contributed by atoms with E-state index in [1.165, 1.54) is 24.8 Å². The van der Waals surface area contributed by atoms with Gasteiger partial charge in [-0.3, -0.25) is 0 Å². The number of hydrogen-bond acceptors (Lipinski definition) is 3. The molecule has 0 saturated heterocycles. The van der Waals surface area contributed by atoms with Crippen molar-refractivity contribution in [2.24, 2.45) is 0 Å². The van der Waals surface area contributed by atoms with Crippen LogP contribution in [0.1, 0.15) is 44.2 Å². The van der Waals surface area contributed by atoms with E-state index in [0.717, 1.165) is 24.5 Å². The summed E-state index contributed by atoms with van der Waals surface area (Å²) in [5.74, 6) is 1.88. The van der Waals surface area contributed by atoms with Crippen LogP contribution in [0.25, 0.3) is 0 Å². The Hall–Kier alpha value is -1.22. The fraction of sp³-hybridized carbons (Fsp3) is 0.600. The Morgan fingerprint density at radius 1 is 1.44 bits per heavy atom. The standard InChI is InChI=1S/C15H21NO2/c1-3-16-13-10-15(7-4-8-15)18-14-9-11(17-2)5-6-12(13)14/h5-6,9,13,16H,3-4,7-8,10H2,1-2H3. The normalized spacial score (nSPS) is 24.0. The van der Waals surface area contributed by atoms with Crippen molar-refractivity contribution in [1.82, 2.24) is 5.32 Å². The van der Waals surface area contributed by atoms with Gasteiger partial charge in [0.2, 0.25) is 0 Å². The third-order valence-electron chi connectivity index (χ3n) is 4.21. The lowest BCUT2D eigenvalue weighted by molar-refractivity contribution is -0.0368. The number of methoxy groups -OCH3 is 1. The van der Waals surface area contributed by atoms with Gasteiger partial charge in [-0.25, -0.2) is 0 Å². The summed E-state index contributed by atoms with van der Waals surface area (Å²) in [5, 5.41) is 3.58. The molecule has 2 aliphatic rings. The van der Waals surface area contributed by atoms with Crippen molar-refractivity contribution >= 4 is 0 Å². The summed E-state index contributed by atoms with van der Waals surface area (Å²) in [4.78, 5) is 0. The second-order valence-electron chi connectivity index (χ2n) is 5.36. The van der Waals surface area contributed by atoms with E-state index >= 15 is 0 Å². The zero-order chi connectivity index (χ0) is 12.6. The van der Waals surface area contributed by atoms with Gasteiger partial charge in [0.1, 0.15) is 17.1 Å². The lowest BCUT2D eigenvalue weighted by atomic mass is 9.73. The van der Waals surface area contributed by atoms with Crippen molar-refractivity contribution in [3.8, 4) is 11.5 Å². The number of hydrogen-bond donors (Lipinski definition) is 1. The predicted molar refractivity (Wildman–Crippen MR) is 71.2 cm³/mol. The largest absolute Gasteiger partial charge is 0.497 e. The molecule has 1 unspecified atom stereocenters. The number of ether oxygens (including phenoxy) is 2. The van der Waals surface area contributed by atoms with Crippen LogP contribution in [-0.4, -0.2) is 19.3 Å². The van der Waals surface area contributed by atoms with Gasteiger partial charge in [-0.15, -0.1) is 0 Å². The molecule has 0 bridgehead atoms. The molecular formula is C15H21NO2. The van der Waals surface area contributed by atoms with Crippen LogP contribution in [0.5, 0.6) is 11.5 Å². The van der Waals surface area contributed by atoms with Crippen LogP contribution in [0, 0.1) is 0 Å². The average molecular weight is 247 g/mol. The molecule has 3 nitrogen and oxygen atoms in total. The Labute approximate surface area is 108 Å². The highest BCUT2D eigenvalue weighted by atomic mass is 16.5. The molecule has 0 aromatic heterocycles. The van der Waals surface area contributed by atoms with Crippen LogP contribution >= 0.6 is 0 Å². The molecule has 1 heterocycles. The molecule has 98 valence electrons. The van der Waals surface area contributed by atoms with Gasteiger partial charge in [0.15, 0.2) is 0 Å². The summed E-state index contributed by atoms with van der Waals surface area (Å²) in [6, 6.07) is 6.60. The van der Waals surface area contributed by atoms with Crippen LogP contribution < -0.4 is 14.8 Å². The van der Waals surface area contributed by atoms with Crippen LogP contribution in [0.15, 0.2) is 18.2 Å². The topological polar surface area (TPSA) is 30.5 Å². The third kappa shape index (κ3) is 1.87. The fourth-order valence-corrected chi connectivity index (χ4v) is 3.08. The molecule has 1 spiro atoms. The van der Waals surface area contributed by atoms with Gasteiger partial charge in [-0.2, -0.15) is 0 Å². The number of benzene rings is 1. The first kappa shape index (κ1) is 11.8. The maximum atomic E-state index is 6.25. The molecule has 1 aliphatic heterocycles. The van der Waals surface area contributed by atoms with Gasteiger partial charge in [-0.05, 0) is 31.9 Å². The smallest absolute Gasteiger partial charge is 0.128 e. The fourth-order valence-electron chi connectivity index (χ4n) is 3.08. The highest BCUT2D eigenvalue weighted by molar-refractivity contribution is 5.45. The predicted octanol–water partition coefficient (Wildman–Crippen LogP) is 3.05. The van der Waals surface area contributed by atoms with E-state index in [1.54, 1.807) is 7.11 Å². The molecule has 1 aromatic rings. The number of nitrogens with one attached hydrogen (secondary N) is 1. The number of fused-ring (bicyclic) bond motifs is 1. The van der Waals surface area contributed by atoms with E-state index in [2.05, 4.69) is 18.3 Å². The molecule has 1 aromatic carbocycles. The average Bonchev–Trinajstić information content (AvgIpc) is 2.36. The lowest BCUT2D eigenvalue weighted by Gasteiger charge is -2.48. The maximum absolute atomic E-state index is 6.25. The lowest BCUT2D eigenvalue weighted by Crippen LogP contribution is -2.49. The molecule has 1 atom stereocenters. The van der Waals surface area contributed by atoms with Crippen molar-refractivity contribution in [2.75, 3.05) is 13.7 Å². The monoisotopic (exact) mass is 247 g/mol. The van der Waals surface area contributed by atoms with Gasteiger partial charge in [-0.1, -0.05) is 13.0 Å². The maximum Gasteiger partial charge on any atom is 0.128 e. The molecule has 3 heteroatoms. The van der Waals surface area contributed by atoms with Gasteiger partial charge < -0.3 is 14.8 Å². The first-order chi connectivity index (χ1) is 8.76.